The van der Waals surface area contributed by atoms with Crippen LogP contribution in [0.25, 0.3) is 11.2 Å². The van der Waals surface area contributed by atoms with E-state index in [1.54, 1.807) is 12.1 Å². The number of nitrogens with zero attached hydrogens (tertiary/aromatic N) is 5. The SMILES string of the molecule is C[C@@H](OC(=O)C1CCN(c2ccc(C(N)=O)cn2)CC1)C(=O)Nc1ncnc2nc[nH]c12. The standard InChI is InChI=1S/C20H22N8O4/c1-11(19(30)27-18-15-17(24-9-23-15)25-10-26-18)32-20(31)12-4-6-28(7-5-12)14-3-2-13(8-22-14)16(21)29/h2-3,8-12H,4-7H2,1H3,(H2,21,29)(H2,23,24,25,26,27,30)/t11-/m1/s1. The Morgan fingerprint density at radius 1 is 1.19 bits per heavy atom. The summed E-state index contributed by atoms with van der Waals surface area (Å²) in [5.41, 5.74) is 6.49. The molecule has 12 heteroatoms. The smallest absolute Gasteiger partial charge is 0.309 e. The zero-order valence-corrected chi connectivity index (χ0v) is 17.3. The summed E-state index contributed by atoms with van der Waals surface area (Å²) in [6.45, 7) is 2.71. The van der Waals surface area contributed by atoms with Gasteiger partial charge in [-0.25, -0.2) is 19.9 Å². The summed E-state index contributed by atoms with van der Waals surface area (Å²) >= 11 is 0. The van der Waals surface area contributed by atoms with Gasteiger partial charge in [-0.2, -0.15) is 0 Å². The first-order chi connectivity index (χ1) is 15.4. The number of carbonyl (C=O) groups excluding carboxylic acids is 3. The number of nitrogens with two attached hydrogens (primary N) is 1. The molecule has 12 nitrogen and oxygen atoms in total. The van der Waals surface area contributed by atoms with E-state index in [4.69, 9.17) is 10.5 Å². The van der Waals surface area contributed by atoms with E-state index in [9.17, 15) is 14.4 Å². The number of nitrogens with one attached hydrogen (secondary N) is 2. The highest BCUT2D eigenvalue weighted by Gasteiger charge is 2.29. The number of piperidine rings is 1. The van der Waals surface area contributed by atoms with Crippen LogP contribution in [0.2, 0.25) is 0 Å². The summed E-state index contributed by atoms with van der Waals surface area (Å²) in [5, 5.41) is 2.63. The molecule has 0 aliphatic carbocycles. The highest BCUT2D eigenvalue weighted by molar-refractivity contribution is 5.99. The fourth-order valence-electron chi connectivity index (χ4n) is 3.47. The quantitative estimate of drug-likeness (QED) is 0.467. The van der Waals surface area contributed by atoms with Crippen molar-refractivity contribution in [1.29, 1.82) is 0 Å². The molecule has 3 aromatic rings. The summed E-state index contributed by atoms with van der Waals surface area (Å²) in [7, 11) is 0. The molecule has 1 fully saturated rings. The second kappa shape index (κ2) is 8.96. The molecule has 1 saturated heterocycles. The minimum absolute atomic E-state index is 0.267. The molecule has 4 heterocycles. The Kier molecular flexibility index (Phi) is 5.92. The maximum atomic E-state index is 12.6. The molecule has 0 bridgehead atoms. The average Bonchev–Trinajstić information content (AvgIpc) is 3.29. The van der Waals surface area contributed by atoms with E-state index in [-0.39, 0.29) is 11.7 Å². The van der Waals surface area contributed by atoms with Gasteiger partial charge in [0.15, 0.2) is 17.6 Å². The lowest BCUT2D eigenvalue weighted by molar-refractivity contribution is -0.158. The van der Waals surface area contributed by atoms with Gasteiger partial charge in [-0.15, -0.1) is 0 Å². The summed E-state index contributed by atoms with van der Waals surface area (Å²) < 4.78 is 5.39. The summed E-state index contributed by atoms with van der Waals surface area (Å²) in [6.07, 6.45) is 4.32. The van der Waals surface area contributed by atoms with Gasteiger partial charge in [0.05, 0.1) is 17.8 Å². The van der Waals surface area contributed by atoms with Gasteiger partial charge in [0, 0.05) is 19.3 Å². The predicted octanol–water partition coefficient (Wildman–Crippen LogP) is 0.634. The highest BCUT2D eigenvalue weighted by atomic mass is 16.5. The summed E-state index contributed by atoms with van der Waals surface area (Å²) in [6, 6.07) is 3.36. The third-order valence-electron chi connectivity index (χ3n) is 5.31. The van der Waals surface area contributed by atoms with E-state index in [1.165, 1.54) is 25.8 Å². The third-order valence-corrected chi connectivity index (χ3v) is 5.31. The Balaban J connectivity index is 1.29. The van der Waals surface area contributed by atoms with Gasteiger partial charge >= 0.3 is 5.97 Å². The fraction of sp³-hybridized carbons (Fsp3) is 0.350. The highest BCUT2D eigenvalue weighted by Crippen LogP contribution is 2.23. The molecular formula is C20H22N8O4. The van der Waals surface area contributed by atoms with E-state index in [0.717, 1.165) is 0 Å². The number of imidazole rings is 1. The van der Waals surface area contributed by atoms with Gasteiger partial charge in [0.2, 0.25) is 5.91 Å². The molecule has 0 aromatic carbocycles. The largest absolute Gasteiger partial charge is 0.452 e. The lowest BCUT2D eigenvalue weighted by Crippen LogP contribution is -2.39. The molecule has 32 heavy (non-hydrogen) atoms. The molecule has 1 aliphatic heterocycles. The monoisotopic (exact) mass is 438 g/mol. The van der Waals surface area contributed by atoms with Crippen LogP contribution in [0.5, 0.6) is 0 Å². The van der Waals surface area contributed by atoms with Crippen molar-refractivity contribution in [3.05, 3.63) is 36.5 Å². The van der Waals surface area contributed by atoms with Gasteiger partial charge in [0.1, 0.15) is 17.7 Å². The van der Waals surface area contributed by atoms with Crippen molar-refractivity contribution >= 4 is 40.6 Å². The van der Waals surface area contributed by atoms with Crippen LogP contribution in [0.3, 0.4) is 0 Å². The Hall–Kier alpha value is -4.09. The number of pyridine rings is 1. The number of amides is 2. The number of anilines is 2. The van der Waals surface area contributed by atoms with Crippen molar-refractivity contribution in [3.8, 4) is 0 Å². The number of H-pyrrole nitrogens is 1. The molecule has 4 rings (SSSR count). The number of hydrogen-bond acceptors (Lipinski definition) is 9. The number of carbonyl (C=O) groups is 3. The number of aromatic amines is 1. The number of rotatable bonds is 6. The number of fused-ring (bicyclic) bond motifs is 1. The minimum Gasteiger partial charge on any atom is -0.452 e. The molecule has 0 radical (unpaired) electrons. The Morgan fingerprint density at radius 2 is 1.97 bits per heavy atom. The van der Waals surface area contributed by atoms with Crippen LogP contribution in [-0.4, -0.2) is 61.9 Å². The molecule has 3 aromatic heterocycles. The topological polar surface area (TPSA) is 169 Å². The van der Waals surface area contributed by atoms with Gasteiger partial charge in [-0.1, -0.05) is 0 Å². The first-order valence-corrected chi connectivity index (χ1v) is 10.1. The lowest BCUT2D eigenvalue weighted by Gasteiger charge is -2.32. The fourth-order valence-corrected chi connectivity index (χ4v) is 3.47. The van der Waals surface area contributed by atoms with Crippen molar-refractivity contribution < 1.29 is 19.1 Å². The zero-order chi connectivity index (χ0) is 22.7. The van der Waals surface area contributed by atoms with Crippen LogP contribution in [0.4, 0.5) is 11.6 Å². The molecular weight excluding hydrogens is 416 g/mol. The molecule has 4 N–H and O–H groups in total. The Morgan fingerprint density at radius 3 is 2.66 bits per heavy atom. The van der Waals surface area contributed by atoms with Crippen LogP contribution in [0, 0.1) is 5.92 Å². The van der Waals surface area contributed by atoms with Crippen molar-refractivity contribution in [3.63, 3.8) is 0 Å². The Bertz CT molecular complexity index is 1140. The molecule has 2 amide bonds. The van der Waals surface area contributed by atoms with Crippen molar-refractivity contribution in [2.24, 2.45) is 11.7 Å². The van der Waals surface area contributed by atoms with Crippen LogP contribution in [-0.2, 0) is 14.3 Å². The maximum Gasteiger partial charge on any atom is 0.309 e. The third kappa shape index (κ3) is 4.48. The molecule has 1 aliphatic rings. The number of hydrogen-bond donors (Lipinski definition) is 3. The van der Waals surface area contributed by atoms with Crippen LogP contribution >= 0.6 is 0 Å². The first-order valence-electron chi connectivity index (χ1n) is 10.1. The van der Waals surface area contributed by atoms with E-state index in [0.29, 0.717) is 48.5 Å². The first kappa shape index (κ1) is 21.2. The molecule has 1 atom stereocenters. The van der Waals surface area contributed by atoms with E-state index in [2.05, 4.69) is 30.2 Å². The lowest BCUT2D eigenvalue weighted by atomic mass is 9.97. The Labute approximate surface area is 182 Å². The van der Waals surface area contributed by atoms with Crippen LogP contribution < -0.4 is 16.0 Å². The number of ether oxygens (including phenoxy) is 1. The van der Waals surface area contributed by atoms with Crippen molar-refractivity contribution in [2.75, 3.05) is 23.3 Å². The summed E-state index contributed by atoms with van der Waals surface area (Å²) in [4.78, 5) is 57.4. The summed E-state index contributed by atoms with van der Waals surface area (Å²) in [5.74, 6) is -0.780. The van der Waals surface area contributed by atoms with Crippen LogP contribution in [0.15, 0.2) is 31.0 Å². The molecule has 0 spiro atoms. The predicted molar refractivity (Wildman–Crippen MR) is 114 cm³/mol. The van der Waals surface area contributed by atoms with Crippen molar-refractivity contribution in [2.45, 2.75) is 25.9 Å². The minimum atomic E-state index is -0.989. The second-order valence-electron chi connectivity index (χ2n) is 7.42. The van der Waals surface area contributed by atoms with Crippen LogP contribution in [0.1, 0.15) is 30.1 Å². The van der Waals surface area contributed by atoms with E-state index < -0.39 is 23.9 Å². The zero-order valence-electron chi connectivity index (χ0n) is 17.3. The van der Waals surface area contributed by atoms with E-state index >= 15 is 0 Å². The van der Waals surface area contributed by atoms with Gasteiger partial charge in [-0.05, 0) is 31.9 Å². The van der Waals surface area contributed by atoms with E-state index in [1.807, 2.05) is 4.90 Å². The number of esters is 1. The number of aromatic nitrogens is 5. The maximum absolute atomic E-state index is 12.6. The van der Waals surface area contributed by atoms with Gasteiger partial charge < -0.3 is 25.7 Å². The normalized spacial score (nSPS) is 15.3. The van der Waals surface area contributed by atoms with Gasteiger partial charge in [-0.3, -0.25) is 14.4 Å². The molecule has 0 saturated carbocycles. The van der Waals surface area contributed by atoms with Gasteiger partial charge in [0.25, 0.3) is 5.91 Å². The molecule has 166 valence electrons. The number of primary amides is 1. The average molecular weight is 438 g/mol. The van der Waals surface area contributed by atoms with Crippen molar-refractivity contribution in [1.82, 2.24) is 24.9 Å². The second-order valence-corrected chi connectivity index (χ2v) is 7.42. The molecule has 0 unspecified atom stereocenters.